The molecule has 0 radical (unpaired) electrons. The quantitative estimate of drug-likeness (QED) is 0.177. The summed E-state index contributed by atoms with van der Waals surface area (Å²) < 4.78 is 10.6. The second-order valence-electron chi connectivity index (χ2n) is 11.1. The number of hydrogen-bond acceptors (Lipinski definition) is 4. The van der Waals surface area contributed by atoms with Gasteiger partial charge in [0.15, 0.2) is 0 Å². The van der Waals surface area contributed by atoms with Crippen LogP contribution in [0.3, 0.4) is 0 Å². The van der Waals surface area contributed by atoms with E-state index in [1.807, 2.05) is 0 Å². The lowest BCUT2D eigenvalue weighted by Crippen LogP contribution is -2.08. The summed E-state index contributed by atoms with van der Waals surface area (Å²) in [7, 11) is 0. The van der Waals surface area contributed by atoms with E-state index in [-0.39, 0.29) is 11.9 Å². The maximum absolute atomic E-state index is 11.7. The summed E-state index contributed by atoms with van der Waals surface area (Å²) in [5, 5.41) is 0. The Hall–Kier alpha value is -1.06. The summed E-state index contributed by atoms with van der Waals surface area (Å²) in [4.78, 5) is 23.4. The van der Waals surface area contributed by atoms with Gasteiger partial charge in [-0.05, 0) is 62.2 Å². The van der Waals surface area contributed by atoms with E-state index in [0.717, 1.165) is 64.2 Å². The molecule has 0 aliphatic carbocycles. The molecule has 0 unspecified atom stereocenters. The highest BCUT2D eigenvalue weighted by Gasteiger charge is 2.10. The fourth-order valence-corrected chi connectivity index (χ4v) is 3.28. The first-order valence-electron chi connectivity index (χ1n) is 12.3. The van der Waals surface area contributed by atoms with Gasteiger partial charge in [0.2, 0.25) is 0 Å². The molecular weight excluding hydrogens is 376 g/mol. The fraction of sp³-hybridized carbons (Fsp3) is 0.923. The molecule has 0 bridgehead atoms. The molecule has 0 aromatic heterocycles. The molecular formula is C26H50O4. The zero-order chi connectivity index (χ0) is 22.9. The topological polar surface area (TPSA) is 52.6 Å². The Morgan fingerprint density at radius 3 is 1.17 bits per heavy atom. The Balaban J connectivity index is 3.37. The average Bonchev–Trinajstić information content (AvgIpc) is 2.61. The van der Waals surface area contributed by atoms with Crippen LogP contribution in [0.25, 0.3) is 0 Å². The number of carbonyl (C=O) groups is 2. The molecule has 4 heteroatoms. The summed E-state index contributed by atoms with van der Waals surface area (Å²) in [6, 6.07) is 0. The molecule has 0 fully saturated rings. The van der Waals surface area contributed by atoms with Gasteiger partial charge in [0, 0.05) is 12.8 Å². The zero-order valence-corrected chi connectivity index (χ0v) is 20.9. The normalized spacial score (nSPS) is 12.1. The Morgan fingerprint density at radius 1 is 0.500 bits per heavy atom. The van der Waals surface area contributed by atoms with Crippen molar-refractivity contribution in [2.75, 3.05) is 13.2 Å². The van der Waals surface area contributed by atoms with Crippen molar-refractivity contribution in [2.24, 2.45) is 10.8 Å². The third-order valence-electron chi connectivity index (χ3n) is 5.18. The highest BCUT2D eigenvalue weighted by Crippen LogP contribution is 2.22. The molecule has 0 heterocycles. The second-order valence-corrected chi connectivity index (χ2v) is 11.1. The lowest BCUT2D eigenvalue weighted by molar-refractivity contribution is -0.144. The minimum Gasteiger partial charge on any atom is -0.466 e. The lowest BCUT2D eigenvalue weighted by Gasteiger charge is -2.17. The molecule has 0 spiro atoms. The third kappa shape index (κ3) is 23.2. The standard InChI is InChI=1S/C26H50O4/c1-25(2,3)19-13-15-21-29-23(27)17-11-9-7-8-10-12-18-24(28)30-22-16-14-20-26(4,5)6/h7-22H2,1-6H3. The summed E-state index contributed by atoms with van der Waals surface area (Å²) in [6.45, 7) is 14.5. The first kappa shape index (κ1) is 28.9. The first-order valence-corrected chi connectivity index (χ1v) is 12.3. The van der Waals surface area contributed by atoms with E-state index in [0.29, 0.717) is 36.9 Å². The molecule has 0 aliphatic heterocycles. The molecule has 0 N–H and O–H groups in total. The molecule has 0 atom stereocenters. The number of hydrogen-bond donors (Lipinski definition) is 0. The molecule has 0 aromatic carbocycles. The van der Waals surface area contributed by atoms with E-state index in [2.05, 4.69) is 41.5 Å². The number of ether oxygens (including phenoxy) is 2. The number of esters is 2. The van der Waals surface area contributed by atoms with E-state index >= 15 is 0 Å². The fourth-order valence-electron chi connectivity index (χ4n) is 3.28. The van der Waals surface area contributed by atoms with Crippen molar-refractivity contribution >= 4 is 11.9 Å². The van der Waals surface area contributed by atoms with Gasteiger partial charge in [0.1, 0.15) is 0 Å². The van der Waals surface area contributed by atoms with Gasteiger partial charge in [-0.15, -0.1) is 0 Å². The van der Waals surface area contributed by atoms with Gasteiger partial charge in [-0.1, -0.05) is 67.2 Å². The monoisotopic (exact) mass is 426 g/mol. The number of unbranched alkanes of at least 4 members (excludes halogenated alkanes) is 7. The summed E-state index contributed by atoms with van der Waals surface area (Å²) in [6.07, 6.45) is 13.7. The third-order valence-corrected chi connectivity index (χ3v) is 5.18. The van der Waals surface area contributed by atoms with Gasteiger partial charge >= 0.3 is 11.9 Å². The van der Waals surface area contributed by atoms with Crippen molar-refractivity contribution in [3.05, 3.63) is 0 Å². The molecule has 0 aliphatic rings. The van der Waals surface area contributed by atoms with Crippen molar-refractivity contribution in [2.45, 2.75) is 131 Å². The highest BCUT2D eigenvalue weighted by molar-refractivity contribution is 5.69. The van der Waals surface area contributed by atoms with Gasteiger partial charge < -0.3 is 9.47 Å². The molecule has 0 amide bonds. The van der Waals surface area contributed by atoms with E-state index < -0.39 is 0 Å². The first-order chi connectivity index (χ1) is 14.0. The van der Waals surface area contributed by atoms with Crippen LogP contribution in [0.1, 0.15) is 131 Å². The van der Waals surface area contributed by atoms with Crippen LogP contribution in [-0.2, 0) is 19.1 Å². The van der Waals surface area contributed by atoms with E-state index in [9.17, 15) is 9.59 Å². The minimum atomic E-state index is -0.0593. The average molecular weight is 427 g/mol. The van der Waals surface area contributed by atoms with Crippen LogP contribution in [0.2, 0.25) is 0 Å². The predicted octanol–water partition coefficient (Wildman–Crippen LogP) is 7.63. The van der Waals surface area contributed by atoms with Gasteiger partial charge in [0.05, 0.1) is 13.2 Å². The maximum Gasteiger partial charge on any atom is 0.305 e. The molecule has 30 heavy (non-hydrogen) atoms. The van der Waals surface area contributed by atoms with E-state index in [1.165, 1.54) is 12.8 Å². The largest absolute Gasteiger partial charge is 0.466 e. The molecule has 4 nitrogen and oxygen atoms in total. The van der Waals surface area contributed by atoms with Crippen molar-refractivity contribution in [3.8, 4) is 0 Å². The van der Waals surface area contributed by atoms with Crippen LogP contribution in [0, 0.1) is 10.8 Å². The highest BCUT2D eigenvalue weighted by atomic mass is 16.5. The van der Waals surface area contributed by atoms with E-state index in [4.69, 9.17) is 9.47 Å². The van der Waals surface area contributed by atoms with Crippen LogP contribution < -0.4 is 0 Å². The van der Waals surface area contributed by atoms with Crippen molar-refractivity contribution in [1.82, 2.24) is 0 Å². The molecule has 0 aromatic rings. The lowest BCUT2D eigenvalue weighted by atomic mass is 9.90. The van der Waals surface area contributed by atoms with Gasteiger partial charge in [0.25, 0.3) is 0 Å². The minimum absolute atomic E-state index is 0.0593. The number of rotatable bonds is 17. The van der Waals surface area contributed by atoms with Gasteiger partial charge in [-0.2, -0.15) is 0 Å². The van der Waals surface area contributed by atoms with Crippen LogP contribution in [0.5, 0.6) is 0 Å². The molecule has 0 saturated carbocycles. The van der Waals surface area contributed by atoms with Crippen LogP contribution in [0.15, 0.2) is 0 Å². The van der Waals surface area contributed by atoms with E-state index in [1.54, 1.807) is 0 Å². The van der Waals surface area contributed by atoms with Crippen LogP contribution in [0.4, 0.5) is 0 Å². The van der Waals surface area contributed by atoms with Crippen LogP contribution in [-0.4, -0.2) is 25.2 Å². The molecule has 0 saturated heterocycles. The van der Waals surface area contributed by atoms with Gasteiger partial charge in [-0.25, -0.2) is 0 Å². The predicted molar refractivity (Wildman–Crippen MR) is 125 cm³/mol. The Morgan fingerprint density at radius 2 is 0.833 bits per heavy atom. The summed E-state index contributed by atoms with van der Waals surface area (Å²) in [5.41, 5.74) is 0.715. The van der Waals surface area contributed by atoms with Crippen molar-refractivity contribution in [3.63, 3.8) is 0 Å². The van der Waals surface area contributed by atoms with Gasteiger partial charge in [-0.3, -0.25) is 9.59 Å². The number of carbonyl (C=O) groups excluding carboxylic acids is 2. The SMILES string of the molecule is CC(C)(C)CCCCOC(=O)CCCCCCCCC(=O)OCCCCC(C)(C)C. The molecule has 0 rings (SSSR count). The van der Waals surface area contributed by atoms with Crippen molar-refractivity contribution in [1.29, 1.82) is 0 Å². The Labute approximate surface area is 186 Å². The molecule has 178 valence electrons. The Kier molecular flexibility index (Phi) is 16.0. The zero-order valence-electron chi connectivity index (χ0n) is 20.9. The summed E-state index contributed by atoms with van der Waals surface area (Å²) in [5.74, 6) is -0.119. The second kappa shape index (κ2) is 16.6. The summed E-state index contributed by atoms with van der Waals surface area (Å²) >= 11 is 0. The Bertz CT molecular complexity index is 401. The van der Waals surface area contributed by atoms with Crippen LogP contribution >= 0.6 is 0 Å². The smallest absolute Gasteiger partial charge is 0.305 e. The van der Waals surface area contributed by atoms with Crippen molar-refractivity contribution < 1.29 is 19.1 Å². The maximum atomic E-state index is 11.7.